The molecule has 1 aliphatic carbocycles. The summed E-state index contributed by atoms with van der Waals surface area (Å²) >= 11 is 0. The fraction of sp³-hybridized carbons (Fsp3) is 0.722. The third-order valence-electron chi connectivity index (χ3n) is 4.97. The van der Waals surface area contributed by atoms with Gasteiger partial charge in [0.15, 0.2) is 0 Å². The molecule has 2 heterocycles. The number of aromatic nitrogens is 1. The molecule has 2 N–H and O–H groups in total. The van der Waals surface area contributed by atoms with Crippen molar-refractivity contribution in [2.45, 2.75) is 51.7 Å². The Morgan fingerprint density at radius 1 is 1.27 bits per heavy atom. The lowest BCUT2D eigenvalue weighted by atomic mass is 10.0. The molecule has 1 saturated heterocycles. The number of nitrogens with zero attached hydrogens (tertiary/aromatic N) is 2. The Kier molecular flexibility index (Phi) is 4.42. The van der Waals surface area contributed by atoms with Crippen LogP contribution >= 0.6 is 0 Å². The zero-order valence-electron chi connectivity index (χ0n) is 14.0. The molecule has 0 spiro atoms. The summed E-state index contributed by atoms with van der Waals surface area (Å²) in [6.07, 6.45) is 3.59. The van der Waals surface area contributed by atoms with E-state index in [0.29, 0.717) is 6.54 Å². The normalized spacial score (nSPS) is 26.3. The number of hydrogen-bond acceptors (Lipinski definition) is 4. The van der Waals surface area contributed by atoms with Gasteiger partial charge in [-0.25, -0.2) is 4.98 Å². The van der Waals surface area contributed by atoms with Gasteiger partial charge in [-0.3, -0.25) is 0 Å². The number of anilines is 1. The topological polar surface area (TPSA) is 48.4 Å². The Morgan fingerprint density at radius 2 is 1.95 bits per heavy atom. The number of β-amino-alcohol motifs (C(OH)–C–C–N with tert-alkyl or cyclic N) is 1. The maximum Gasteiger partial charge on any atom is 0.128 e. The van der Waals surface area contributed by atoms with Crippen molar-refractivity contribution in [2.75, 3.05) is 24.5 Å². The van der Waals surface area contributed by atoms with Gasteiger partial charge in [-0.2, -0.15) is 0 Å². The number of nitrogens with one attached hydrogen (secondary N) is 1. The Bertz CT molecular complexity index is 499. The zero-order chi connectivity index (χ0) is 15.7. The van der Waals surface area contributed by atoms with Crippen LogP contribution in [0.5, 0.6) is 0 Å². The first-order chi connectivity index (χ1) is 10.4. The van der Waals surface area contributed by atoms with Gasteiger partial charge in [-0.1, -0.05) is 12.5 Å². The Hall–Kier alpha value is -1.13. The smallest absolute Gasteiger partial charge is 0.128 e. The fourth-order valence-corrected chi connectivity index (χ4v) is 3.73. The molecule has 0 radical (unpaired) electrons. The lowest BCUT2D eigenvalue weighted by Gasteiger charge is -2.24. The van der Waals surface area contributed by atoms with Crippen LogP contribution in [0.2, 0.25) is 0 Å². The van der Waals surface area contributed by atoms with Crippen LogP contribution in [-0.2, 0) is 0 Å². The van der Waals surface area contributed by atoms with Crippen LogP contribution in [0, 0.1) is 11.8 Å². The van der Waals surface area contributed by atoms with E-state index in [1.807, 2.05) is 12.1 Å². The highest BCUT2D eigenvalue weighted by Crippen LogP contribution is 2.39. The van der Waals surface area contributed by atoms with Gasteiger partial charge >= 0.3 is 0 Å². The molecule has 3 atom stereocenters. The summed E-state index contributed by atoms with van der Waals surface area (Å²) in [7, 11) is 0. The first kappa shape index (κ1) is 15.8. The summed E-state index contributed by atoms with van der Waals surface area (Å²) in [5, 5.41) is 13.7. The Balaban J connectivity index is 1.65. The average Bonchev–Trinajstić information content (AvgIpc) is 3.05. The number of fused-ring (bicyclic) bond motifs is 1. The van der Waals surface area contributed by atoms with Gasteiger partial charge in [-0.15, -0.1) is 0 Å². The third kappa shape index (κ3) is 3.61. The maximum atomic E-state index is 10.4. The molecule has 4 nitrogen and oxygen atoms in total. The Morgan fingerprint density at radius 3 is 2.59 bits per heavy atom. The molecule has 0 amide bonds. The molecule has 1 aromatic heterocycles. The maximum absolute atomic E-state index is 10.4. The molecule has 0 aromatic carbocycles. The lowest BCUT2D eigenvalue weighted by molar-refractivity contribution is 0.159. The standard InChI is InChI=1S/C18H29N3O/c1-18(2,3)19-10-16(22)15-8-5-9-17(20-15)21-11-13-6-4-7-14(13)12-21/h5,8-9,13-14,16,19,22H,4,6-7,10-12H2,1-3H3/t13?,14?,16-/m0/s1. The largest absolute Gasteiger partial charge is 0.385 e. The molecule has 1 aromatic rings. The third-order valence-corrected chi connectivity index (χ3v) is 4.97. The van der Waals surface area contributed by atoms with Gasteiger partial charge in [0.25, 0.3) is 0 Å². The molecule has 2 aliphatic rings. The van der Waals surface area contributed by atoms with E-state index in [0.717, 1.165) is 36.4 Å². The van der Waals surface area contributed by atoms with Crippen LogP contribution < -0.4 is 10.2 Å². The Labute approximate surface area is 133 Å². The summed E-state index contributed by atoms with van der Waals surface area (Å²) in [6, 6.07) is 6.02. The van der Waals surface area contributed by atoms with E-state index in [1.165, 1.54) is 19.3 Å². The van der Waals surface area contributed by atoms with Gasteiger partial charge in [0.2, 0.25) is 0 Å². The van der Waals surface area contributed by atoms with Crippen molar-refractivity contribution in [1.82, 2.24) is 10.3 Å². The number of pyridine rings is 1. The van der Waals surface area contributed by atoms with E-state index in [1.54, 1.807) is 0 Å². The van der Waals surface area contributed by atoms with Crippen LogP contribution in [0.4, 0.5) is 5.82 Å². The van der Waals surface area contributed by atoms with Crippen molar-refractivity contribution < 1.29 is 5.11 Å². The quantitative estimate of drug-likeness (QED) is 0.898. The predicted molar refractivity (Wildman–Crippen MR) is 90.0 cm³/mol. The highest BCUT2D eigenvalue weighted by atomic mass is 16.3. The molecular formula is C18H29N3O. The monoisotopic (exact) mass is 303 g/mol. The summed E-state index contributed by atoms with van der Waals surface area (Å²) in [6.45, 7) is 9.12. The van der Waals surface area contributed by atoms with Crippen molar-refractivity contribution in [3.63, 3.8) is 0 Å². The second kappa shape index (κ2) is 6.17. The van der Waals surface area contributed by atoms with Crippen molar-refractivity contribution in [2.24, 2.45) is 11.8 Å². The zero-order valence-corrected chi connectivity index (χ0v) is 14.0. The van der Waals surface area contributed by atoms with Gasteiger partial charge in [0.05, 0.1) is 5.69 Å². The van der Waals surface area contributed by atoms with Crippen molar-refractivity contribution in [1.29, 1.82) is 0 Å². The molecular weight excluding hydrogens is 274 g/mol. The van der Waals surface area contributed by atoms with E-state index in [9.17, 15) is 5.11 Å². The highest BCUT2D eigenvalue weighted by molar-refractivity contribution is 5.41. The molecule has 2 fully saturated rings. The summed E-state index contributed by atoms with van der Waals surface area (Å²) in [5.74, 6) is 2.75. The summed E-state index contributed by atoms with van der Waals surface area (Å²) in [4.78, 5) is 7.12. The molecule has 122 valence electrons. The summed E-state index contributed by atoms with van der Waals surface area (Å²) < 4.78 is 0. The van der Waals surface area contributed by atoms with Crippen LogP contribution in [0.15, 0.2) is 18.2 Å². The number of hydrogen-bond donors (Lipinski definition) is 2. The molecule has 2 unspecified atom stereocenters. The van der Waals surface area contributed by atoms with E-state index in [4.69, 9.17) is 4.98 Å². The van der Waals surface area contributed by atoms with Gasteiger partial charge in [0.1, 0.15) is 11.9 Å². The van der Waals surface area contributed by atoms with Crippen LogP contribution in [0.1, 0.15) is 51.8 Å². The number of rotatable bonds is 4. The lowest BCUT2D eigenvalue weighted by Crippen LogP contribution is -2.38. The predicted octanol–water partition coefficient (Wildman–Crippen LogP) is 2.74. The minimum atomic E-state index is -0.554. The van der Waals surface area contributed by atoms with Crippen LogP contribution in [-0.4, -0.2) is 35.3 Å². The molecule has 0 bridgehead atoms. The first-order valence-electron chi connectivity index (χ1n) is 8.57. The molecule has 3 rings (SSSR count). The number of aliphatic hydroxyl groups is 1. The molecule has 1 saturated carbocycles. The van der Waals surface area contributed by atoms with E-state index < -0.39 is 6.10 Å². The first-order valence-corrected chi connectivity index (χ1v) is 8.57. The minimum Gasteiger partial charge on any atom is -0.385 e. The SMILES string of the molecule is CC(C)(C)NC[C@H](O)c1cccc(N2CC3CCCC3C2)n1. The molecule has 4 heteroatoms. The minimum absolute atomic E-state index is 0.00495. The second-order valence-electron chi connectivity index (χ2n) is 7.92. The van der Waals surface area contributed by atoms with Crippen LogP contribution in [0.25, 0.3) is 0 Å². The van der Waals surface area contributed by atoms with E-state index in [2.05, 4.69) is 37.1 Å². The van der Waals surface area contributed by atoms with Crippen molar-refractivity contribution in [3.05, 3.63) is 23.9 Å². The van der Waals surface area contributed by atoms with E-state index >= 15 is 0 Å². The van der Waals surface area contributed by atoms with Gasteiger partial charge in [0, 0.05) is 25.2 Å². The van der Waals surface area contributed by atoms with Crippen molar-refractivity contribution in [3.8, 4) is 0 Å². The van der Waals surface area contributed by atoms with E-state index in [-0.39, 0.29) is 5.54 Å². The van der Waals surface area contributed by atoms with Gasteiger partial charge < -0.3 is 15.3 Å². The highest BCUT2D eigenvalue weighted by Gasteiger charge is 2.36. The summed E-state index contributed by atoms with van der Waals surface area (Å²) in [5.41, 5.74) is 0.775. The molecule has 22 heavy (non-hydrogen) atoms. The molecule has 1 aliphatic heterocycles. The second-order valence-corrected chi connectivity index (χ2v) is 7.92. The average molecular weight is 303 g/mol. The number of aliphatic hydroxyl groups excluding tert-OH is 1. The van der Waals surface area contributed by atoms with Gasteiger partial charge in [-0.05, 0) is 57.6 Å². The fourth-order valence-electron chi connectivity index (χ4n) is 3.73. The van der Waals surface area contributed by atoms with Crippen LogP contribution in [0.3, 0.4) is 0 Å². The van der Waals surface area contributed by atoms with Crippen molar-refractivity contribution >= 4 is 5.82 Å².